The van der Waals surface area contributed by atoms with Gasteiger partial charge in [-0.05, 0) is 26.3 Å². The van der Waals surface area contributed by atoms with Gasteiger partial charge in [-0.1, -0.05) is 32.1 Å². The first-order valence-electron chi connectivity index (χ1n) is 6.76. The van der Waals surface area contributed by atoms with E-state index < -0.39 is 5.60 Å². The predicted molar refractivity (Wildman–Crippen MR) is 66.3 cm³/mol. The van der Waals surface area contributed by atoms with E-state index in [4.69, 9.17) is 5.73 Å². The van der Waals surface area contributed by atoms with Crippen molar-refractivity contribution in [2.75, 3.05) is 20.1 Å². The molecule has 0 bridgehead atoms. The van der Waals surface area contributed by atoms with Crippen LogP contribution in [0.4, 0.5) is 0 Å². The highest BCUT2D eigenvalue weighted by Crippen LogP contribution is 2.38. The number of nitrogens with zero attached hydrogens (tertiary/aromatic N) is 1. The quantitative estimate of drug-likeness (QED) is 0.712. The molecule has 1 saturated carbocycles. The zero-order chi connectivity index (χ0) is 11.6. The summed E-state index contributed by atoms with van der Waals surface area (Å²) in [4.78, 5) is 2.20. The Morgan fingerprint density at radius 2 is 1.56 bits per heavy atom. The van der Waals surface area contributed by atoms with Gasteiger partial charge in [0.25, 0.3) is 0 Å². The minimum atomic E-state index is -0.640. The summed E-state index contributed by atoms with van der Waals surface area (Å²) in [5.41, 5.74) is 5.58. The predicted octanol–water partition coefficient (Wildman–Crippen LogP) is 1.49. The van der Waals surface area contributed by atoms with Crippen molar-refractivity contribution in [2.45, 2.75) is 62.5 Å². The summed E-state index contributed by atoms with van der Waals surface area (Å²) in [6.45, 7) is 1.74. The van der Waals surface area contributed by atoms with Gasteiger partial charge in [0.05, 0.1) is 5.60 Å². The normalized spacial score (nSPS) is 36.9. The van der Waals surface area contributed by atoms with E-state index in [-0.39, 0.29) is 5.54 Å². The van der Waals surface area contributed by atoms with Crippen LogP contribution in [-0.2, 0) is 0 Å². The van der Waals surface area contributed by atoms with Crippen LogP contribution in [0.2, 0.25) is 0 Å². The van der Waals surface area contributed by atoms with Crippen molar-refractivity contribution >= 4 is 0 Å². The summed E-state index contributed by atoms with van der Waals surface area (Å²) >= 11 is 0. The largest absolute Gasteiger partial charge is 0.387 e. The van der Waals surface area contributed by atoms with E-state index in [9.17, 15) is 5.11 Å². The van der Waals surface area contributed by atoms with Gasteiger partial charge in [0.1, 0.15) is 0 Å². The third-order valence-electron chi connectivity index (χ3n) is 4.61. The number of hydrogen-bond acceptors (Lipinski definition) is 3. The average molecular weight is 226 g/mol. The molecule has 0 aromatic carbocycles. The second-order valence-corrected chi connectivity index (χ2v) is 5.94. The Morgan fingerprint density at radius 1 is 1.00 bits per heavy atom. The van der Waals surface area contributed by atoms with Gasteiger partial charge in [-0.15, -0.1) is 0 Å². The molecule has 1 atom stereocenters. The van der Waals surface area contributed by atoms with Gasteiger partial charge in [0.2, 0.25) is 0 Å². The Bertz CT molecular complexity index is 236. The lowest BCUT2D eigenvalue weighted by Gasteiger charge is -2.43. The summed E-state index contributed by atoms with van der Waals surface area (Å²) in [6.07, 6.45) is 9.11. The fourth-order valence-corrected chi connectivity index (χ4v) is 3.39. The summed E-state index contributed by atoms with van der Waals surface area (Å²) in [5.74, 6) is 0. The van der Waals surface area contributed by atoms with Crippen molar-refractivity contribution in [3.05, 3.63) is 0 Å². The number of hydrogen-bond donors (Lipinski definition) is 2. The molecule has 3 N–H and O–H groups in total. The molecule has 0 aromatic heterocycles. The third kappa shape index (κ3) is 2.27. The maximum absolute atomic E-state index is 10.8. The lowest BCUT2D eigenvalue weighted by molar-refractivity contribution is -0.0365. The molecule has 2 rings (SSSR count). The van der Waals surface area contributed by atoms with Gasteiger partial charge in [0, 0.05) is 18.6 Å². The molecule has 1 heterocycles. The van der Waals surface area contributed by atoms with Crippen molar-refractivity contribution in [3.8, 4) is 0 Å². The number of nitrogens with two attached hydrogens (primary N) is 1. The Balaban J connectivity index is 2.08. The molecule has 1 aliphatic heterocycles. The Kier molecular flexibility index (Phi) is 3.57. The summed E-state index contributed by atoms with van der Waals surface area (Å²) in [5, 5.41) is 10.8. The highest BCUT2D eigenvalue weighted by Gasteiger charge is 2.49. The summed E-state index contributed by atoms with van der Waals surface area (Å²) < 4.78 is 0. The topological polar surface area (TPSA) is 49.5 Å². The molecule has 94 valence electrons. The lowest BCUT2D eigenvalue weighted by Crippen LogP contribution is -2.62. The molecule has 0 amide bonds. The second-order valence-electron chi connectivity index (χ2n) is 5.94. The molecule has 16 heavy (non-hydrogen) atoms. The van der Waals surface area contributed by atoms with Gasteiger partial charge in [-0.25, -0.2) is 0 Å². The number of rotatable bonds is 1. The van der Waals surface area contributed by atoms with E-state index in [0.29, 0.717) is 0 Å². The van der Waals surface area contributed by atoms with Gasteiger partial charge < -0.3 is 15.7 Å². The van der Waals surface area contributed by atoms with Crippen molar-refractivity contribution in [1.29, 1.82) is 0 Å². The van der Waals surface area contributed by atoms with E-state index in [0.717, 1.165) is 32.4 Å². The molecule has 2 aliphatic rings. The highest BCUT2D eigenvalue weighted by molar-refractivity contribution is 5.08. The fraction of sp³-hybridized carbons (Fsp3) is 1.00. The fourth-order valence-electron chi connectivity index (χ4n) is 3.39. The van der Waals surface area contributed by atoms with Gasteiger partial charge in [-0.2, -0.15) is 0 Å². The zero-order valence-corrected chi connectivity index (χ0v) is 10.5. The number of likely N-dealkylation sites (tertiary alicyclic amines) is 1. The Labute approximate surface area is 99.0 Å². The van der Waals surface area contributed by atoms with Crippen molar-refractivity contribution < 1.29 is 5.11 Å². The maximum Gasteiger partial charge on any atom is 0.0964 e. The Morgan fingerprint density at radius 3 is 2.06 bits per heavy atom. The first-order valence-corrected chi connectivity index (χ1v) is 6.76. The molecule has 0 spiro atoms. The third-order valence-corrected chi connectivity index (χ3v) is 4.61. The first kappa shape index (κ1) is 12.3. The molecule has 2 fully saturated rings. The molecule has 0 radical (unpaired) electrons. The summed E-state index contributed by atoms with van der Waals surface area (Å²) in [6, 6.07) is 0. The van der Waals surface area contributed by atoms with Crippen LogP contribution in [0, 0.1) is 0 Å². The first-order chi connectivity index (χ1) is 7.56. The Hall–Kier alpha value is -0.120. The van der Waals surface area contributed by atoms with E-state index in [1.165, 1.54) is 32.1 Å². The zero-order valence-electron chi connectivity index (χ0n) is 10.5. The van der Waals surface area contributed by atoms with E-state index in [1.807, 2.05) is 0 Å². The standard InChI is InChI=1S/C13H26N2O/c1-15-10-9-13(16,11-15)12(14)7-5-3-2-4-6-8-12/h16H,2-11,14H2,1H3. The average Bonchev–Trinajstić information content (AvgIpc) is 2.54. The SMILES string of the molecule is CN1CCC(O)(C2(N)CCCCCCC2)C1. The number of aliphatic hydroxyl groups is 1. The molecular formula is C13H26N2O. The maximum atomic E-state index is 10.8. The number of likely N-dealkylation sites (N-methyl/N-ethyl adjacent to an activating group) is 1. The van der Waals surface area contributed by atoms with Crippen LogP contribution in [0.5, 0.6) is 0 Å². The van der Waals surface area contributed by atoms with Crippen LogP contribution < -0.4 is 5.73 Å². The van der Waals surface area contributed by atoms with Gasteiger partial charge >= 0.3 is 0 Å². The lowest BCUT2D eigenvalue weighted by atomic mass is 9.71. The van der Waals surface area contributed by atoms with Crippen LogP contribution in [-0.4, -0.2) is 41.3 Å². The molecule has 3 nitrogen and oxygen atoms in total. The smallest absolute Gasteiger partial charge is 0.0964 e. The van der Waals surface area contributed by atoms with Crippen LogP contribution in [0.3, 0.4) is 0 Å². The minimum Gasteiger partial charge on any atom is -0.387 e. The molecule has 3 heteroatoms. The van der Waals surface area contributed by atoms with E-state index >= 15 is 0 Å². The number of β-amino-alcohol motifs (C(OH)–C–C–N with tert-alkyl or cyclic N) is 1. The molecular weight excluding hydrogens is 200 g/mol. The van der Waals surface area contributed by atoms with Crippen molar-refractivity contribution in [1.82, 2.24) is 4.90 Å². The van der Waals surface area contributed by atoms with Crippen molar-refractivity contribution in [2.24, 2.45) is 5.73 Å². The second kappa shape index (κ2) is 4.63. The highest BCUT2D eigenvalue weighted by atomic mass is 16.3. The van der Waals surface area contributed by atoms with Crippen molar-refractivity contribution in [3.63, 3.8) is 0 Å². The van der Waals surface area contributed by atoms with E-state index in [1.54, 1.807) is 0 Å². The van der Waals surface area contributed by atoms with Crippen LogP contribution in [0.25, 0.3) is 0 Å². The monoisotopic (exact) mass is 226 g/mol. The molecule has 1 saturated heterocycles. The van der Waals surface area contributed by atoms with E-state index in [2.05, 4.69) is 11.9 Å². The minimum absolute atomic E-state index is 0.335. The molecule has 1 unspecified atom stereocenters. The molecule has 0 aromatic rings. The van der Waals surface area contributed by atoms with Crippen LogP contribution in [0.15, 0.2) is 0 Å². The molecule has 1 aliphatic carbocycles. The van der Waals surface area contributed by atoms with Gasteiger partial charge in [-0.3, -0.25) is 0 Å². The van der Waals surface area contributed by atoms with Crippen LogP contribution in [0.1, 0.15) is 51.4 Å². The van der Waals surface area contributed by atoms with Crippen LogP contribution >= 0.6 is 0 Å². The van der Waals surface area contributed by atoms with Gasteiger partial charge in [0.15, 0.2) is 0 Å². The summed E-state index contributed by atoms with van der Waals surface area (Å²) in [7, 11) is 2.07.